The highest BCUT2D eigenvalue weighted by Crippen LogP contribution is 2.27. The van der Waals surface area contributed by atoms with Crippen molar-refractivity contribution in [3.8, 4) is 11.5 Å². The van der Waals surface area contributed by atoms with E-state index in [1.54, 1.807) is 18.2 Å². The molecule has 2 aromatic rings. The Morgan fingerprint density at radius 3 is 2.41 bits per heavy atom. The fraction of sp³-hybridized carbons (Fsp3) is 0.263. The smallest absolute Gasteiger partial charge is 0.251 e. The molecule has 0 atom stereocenters. The van der Waals surface area contributed by atoms with Crippen molar-refractivity contribution in [2.75, 3.05) is 19.7 Å². The second-order valence-corrected chi connectivity index (χ2v) is 6.52. The highest BCUT2D eigenvalue weighted by Gasteiger charge is 2.06. The summed E-state index contributed by atoms with van der Waals surface area (Å²) in [7, 11) is 0. The molecular weight excluding hydrogens is 391 g/mol. The van der Waals surface area contributed by atoms with Crippen molar-refractivity contribution in [2.24, 2.45) is 0 Å². The van der Waals surface area contributed by atoms with Crippen LogP contribution in [0.15, 0.2) is 42.5 Å². The maximum Gasteiger partial charge on any atom is 0.251 e. The third kappa shape index (κ3) is 7.37. The average molecular weight is 411 g/mol. The van der Waals surface area contributed by atoms with Crippen LogP contribution in [0.4, 0.5) is 0 Å². The van der Waals surface area contributed by atoms with E-state index in [0.29, 0.717) is 53.9 Å². The van der Waals surface area contributed by atoms with Gasteiger partial charge >= 0.3 is 0 Å². The van der Waals surface area contributed by atoms with Crippen molar-refractivity contribution in [1.29, 1.82) is 0 Å². The van der Waals surface area contributed by atoms with Crippen molar-refractivity contribution in [1.82, 2.24) is 10.6 Å². The number of amides is 2. The minimum absolute atomic E-state index is 0.0983. The molecule has 0 bridgehead atoms. The molecule has 8 heteroatoms. The van der Waals surface area contributed by atoms with E-state index in [-0.39, 0.29) is 17.6 Å². The van der Waals surface area contributed by atoms with Crippen LogP contribution in [0.5, 0.6) is 11.5 Å². The van der Waals surface area contributed by atoms with Crippen molar-refractivity contribution >= 4 is 35.0 Å². The molecule has 0 aliphatic heterocycles. The summed E-state index contributed by atoms with van der Waals surface area (Å²) in [5.74, 6) is 0.233. The van der Waals surface area contributed by atoms with Gasteiger partial charge < -0.3 is 20.5 Å². The second-order valence-electron chi connectivity index (χ2n) is 5.68. The Kier molecular flexibility index (Phi) is 8.23. The number of carbonyl (C=O) groups is 2. The predicted molar refractivity (Wildman–Crippen MR) is 105 cm³/mol. The highest BCUT2D eigenvalue weighted by molar-refractivity contribution is 6.35. The Morgan fingerprint density at radius 2 is 1.70 bits per heavy atom. The maximum atomic E-state index is 11.9. The van der Waals surface area contributed by atoms with Gasteiger partial charge in [0.2, 0.25) is 5.91 Å². The van der Waals surface area contributed by atoms with Crippen molar-refractivity contribution < 1.29 is 19.4 Å². The van der Waals surface area contributed by atoms with Crippen molar-refractivity contribution in [3.05, 3.63) is 58.1 Å². The van der Waals surface area contributed by atoms with E-state index in [2.05, 4.69) is 10.6 Å². The molecule has 0 unspecified atom stereocenters. The molecule has 0 fully saturated rings. The number of phenols is 1. The summed E-state index contributed by atoms with van der Waals surface area (Å²) in [6, 6.07) is 10.9. The molecule has 0 spiro atoms. The van der Waals surface area contributed by atoms with E-state index in [1.807, 2.05) is 0 Å². The molecule has 2 amide bonds. The van der Waals surface area contributed by atoms with E-state index >= 15 is 0 Å². The van der Waals surface area contributed by atoms with Crippen molar-refractivity contribution in [2.45, 2.75) is 12.8 Å². The summed E-state index contributed by atoms with van der Waals surface area (Å²) in [6.07, 6.45) is 0.835. The first kappa shape index (κ1) is 20.9. The lowest BCUT2D eigenvalue weighted by molar-refractivity contribution is -0.121. The molecule has 2 rings (SSSR count). The number of nitrogens with one attached hydrogen (secondary N) is 2. The third-order valence-electron chi connectivity index (χ3n) is 3.56. The zero-order chi connectivity index (χ0) is 19.6. The summed E-state index contributed by atoms with van der Waals surface area (Å²) in [5.41, 5.74) is 0.442. The lowest BCUT2D eigenvalue weighted by Gasteiger charge is -2.09. The minimum atomic E-state index is -0.266. The molecule has 0 heterocycles. The molecule has 0 saturated heterocycles. The van der Waals surface area contributed by atoms with Crippen LogP contribution in [-0.2, 0) is 4.79 Å². The molecule has 2 aromatic carbocycles. The third-order valence-corrected chi connectivity index (χ3v) is 4.09. The van der Waals surface area contributed by atoms with Gasteiger partial charge in [-0.2, -0.15) is 0 Å². The van der Waals surface area contributed by atoms with Gasteiger partial charge in [0.25, 0.3) is 5.91 Å². The monoisotopic (exact) mass is 410 g/mol. The fourth-order valence-electron chi connectivity index (χ4n) is 2.19. The quantitative estimate of drug-likeness (QED) is 0.552. The van der Waals surface area contributed by atoms with Crippen LogP contribution in [0, 0.1) is 0 Å². The number of carbonyl (C=O) groups excluding carboxylic acids is 2. The van der Waals surface area contributed by atoms with Gasteiger partial charge in [0, 0.05) is 30.1 Å². The Hall–Kier alpha value is -2.44. The number of hydrogen-bond donors (Lipinski definition) is 3. The van der Waals surface area contributed by atoms with E-state index in [0.717, 1.165) is 0 Å². The normalized spacial score (nSPS) is 10.3. The average Bonchev–Trinajstić information content (AvgIpc) is 2.64. The number of hydrogen-bond acceptors (Lipinski definition) is 4. The van der Waals surface area contributed by atoms with Crippen molar-refractivity contribution in [3.63, 3.8) is 0 Å². The van der Waals surface area contributed by atoms with Crippen LogP contribution >= 0.6 is 23.2 Å². The molecular formula is C19H20Cl2N2O4. The van der Waals surface area contributed by atoms with E-state index in [4.69, 9.17) is 27.9 Å². The van der Waals surface area contributed by atoms with Gasteiger partial charge in [-0.05, 0) is 48.9 Å². The zero-order valence-corrected chi connectivity index (χ0v) is 16.0. The highest BCUT2D eigenvalue weighted by atomic mass is 35.5. The van der Waals surface area contributed by atoms with Crippen LogP contribution in [0.2, 0.25) is 10.0 Å². The van der Waals surface area contributed by atoms with E-state index in [1.165, 1.54) is 24.3 Å². The number of benzene rings is 2. The van der Waals surface area contributed by atoms with Gasteiger partial charge in [-0.3, -0.25) is 9.59 Å². The molecule has 0 aliphatic rings. The molecule has 0 aromatic heterocycles. The van der Waals surface area contributed by atoms with Gasteiger partial charge in [0.05, 0.1) is 11.6 Å². The first-order valence-electron chi connectivity index (χ1n) is 8.37. The molecule has 0 aliphatic carbocycles. The summed E-state index contributed by atoms with van der Waals surface area (Å²) < 4.78 is 5.51. The van der Waals surface area contributed by atoms with Crippen LogP contribution in [0.25, 0.3) is 0 Å². The fourth-order valence-corrected chi connectivity index (χ4v) is 2.65. The Labute approximate surface area is 167 Å². The molecule has 144 valence electrons. The minimum Gasteiger partial charge on any atom is -0.508 e. The number of aromatic hydroxyl groups is 1. The first-order valence-corrected chi connectivity index (χ1v) is 9.13. The van der Waals surface area contributed by atoms with Crippen LogP contribution < -0.4 is 15.4 Å². The van der Waals surface area contributed by atoms with Crippen LogP contribution in [0.3, 0.4) is 0 Å². The van der Waals surface area contributed by atoms with Gasteiger partial charge in [-0.15, -0.1) is 0 Å². The molecule has 0 radical (unpaired) electrons. The summed E-state index contributed by atoms with van der Waals surface area (Å²) >= 11 is 11.8. The Bertz CT molecular complexity index is 782. The Balaban J connectivity index is 1.57. The Morgan fingerprint density at radius 1 is 1.00 bits per heavy atom. The number of rotatable bonds is 9. The lowest BCUT2D eigenvalue weighted by atomic mass is 10.2. The number of phenolic OH excluding ortho intramolecular Hbond substituents is 1. The number of ether oxygens (including phenoxy) is 1. The predicted octanol–water partition coefficient (Wildman–Crippen LogP) is 3.40. The SMILES string of the molecule is O=C(CCCOc1ccc(Cl)cc1Cl)NCCNC(=O)c1ccc(O)cc1. The summed E-state index contributed by atoms with van der Waals surface area (Å²) in [4.78, 5) is 23.6. The second kappa shape index (κ2) is 10.6. The van der Waals surface area contributed by atoms with Crippen LogP contribution in [0.1, 0.15) is 23.2 Å². The topological polar surface area (TPSA) is 87.7 Å². The zero-order valence-electron chi connectivity index (χ0n) is 14.5. The first-order chi connectivity index (χ1) is 13.0. The largest absolute Gasteiger partial charge is 0.508 e. The van der Waals surface area contributed by atoms with Gasteiger partial charge in [0.15, 0.2) is 0 Å². The maximum absolute atomic E-state index is 11.9. The van der Waals surface area contributed by atoms with Gasteiger partial charge in [-0.1, -0.05) is 23.2 Å². The molecule has 27 heavy (non-hydrogen) atoms. The number of halogens is 2. The van der Waals surface area contributed by atoms with Crippen LogP contribution in [-0.4, -0.2) is 36.6 Å². The molecule has 3 N–H and O–H groups in total. The standard InChI is InChI=1S/C19H20Cl2N2O4/c20-14-5-8-17(16(21)12-14)27-11-1-2-18(25)22-9-10-23-19(26)13-3-6-15(24)7-4-13/h3-8,12,24H,1-2,9-11H2,(H,22,25)(H,23,26). The van der Waals surface area contributed by atoms with Gasteiger partial charge in [0.1, 0.15) is 11.5 Å². The van der Waals surface area contributed by atoms with Gasteiger partial charge in [-0.25, -0.2) is 0 Å². The summed E-state index contributed by atoms with van der Waals surface area (Å²) in [5, 5.41) is 15.6. The van der Waals surface area contributed by atoms with E-state index < -0.39 is 0 Å². The summed E-state index contributed by atoms with van der Waals surface area (Å²) in [6.45, 7) is 0.987. The molecule has 6 nitrogen and oxygen atoms in total. The lowest BCUT2D eigenvalue weighted by Crippen LogP contribution is -2.34. The van der Waals surface area contributed by atoms with E-state index in [9.17, 15) is 14.7 Å². The molecule has 0 saturated carbocycles.